The second kappa shape index (κ2) is 5.24. The molecule has 1 aliphatic heterocycles. The first-order valence-corrected chi connectivity index (χ1v) is 6.41. The van der Waals surface area contributed by atoms with Crippen molar-refractivity contribution in [1.82, 2.24) is 9.80 Å². The fraction of sp³-hybridized carbons (Fsp3) is 0.571. The zero-order valence-electron chi connectivity index (χ0n) is 11.2. The Hall–Kier alpha value is -1.13. The van der Waals surface area contributed by atoms with Crippen molar-refractivity contribution in [3.8, 4) is 5.75 Å². The Morgan fingerprint density at radius 3 is 2.72 bits per heavy atom. The van der Waals surface area contributed by atoms with Crippen molar-refractivity contribution in [2.24, 2.45) is 0 Å². The molecule has 18 heavy (non-hydrogen) atoms. The van der Waals surface area contributed by atoms with Crippen molar-refractivity contribution >= 4 is 0 Å². The van der Waals surface area contributed by atoms with Crippen LogP contribution in [0.3, 0.4) is 0 Å². The van der Waals surface area contributed by atoms with Gasteiger partial charge in [-0.1, -0.05) is 6.07 Å². The summed E-state index contributed by atoms with van der Waals surface area (Å²) in [5.41, 5.74) is 0.657. The fourth-order valence-electron chi connectivity index (χ4n) is 2.48. The van der Waals surface area contributed by atoms with E-state index >= 15 is 0 Å². The van der Waals surface area contributed by atoms with E-state index in [1.807, 2.05) is 6.92 Å². The summed E-state index contributed by atoms with van der Waals surface area (Å²) >= 11 is 0. The van der Waals surface area contributed by atoms with Crippen LogP contribution in [-0.2, 0) is 0 Å². The third-order valence-electron chi connectivity index (χ3n) is 3.97. The summed E-state index contributed by atoms with van der Waals surface area (Å²) in [4.78, 5) is 4.61. The largest absolute Gasteiger partial charge is 0.508 e. The summed E-state index contributed by atoms with van der Waals surface area (Å²) in [7, 11) is 2.12. The van der Waals surface area contributed by atoms with Crippen LogP contribution in [0.1, 0.15) is 25.5 Å². The normalized spacial score (nSPS) is 24.1. The average molecular weight is 252 g/mol. The van der Waals surface area contributed by atoms with Gasteiger partial charge in [-0.2, -0.15) is 0 Å². The monoisotopic (exact) mass is 252 g/mol. The Morgan fingerprint density at radius 1 is 1.39 bits per heavy atom. The Balaban J connectivity index is 2.13. The molecule has 1 heterocycles. The number of rotatable bonds is 2. The lowest BCUT2D eigenvalue weighted by atomic mass is 10.0. The number of nitrogens with zero attached hydrogens (tertiary/aromatic N) is 2. The van der Waals surface area contributed by atoms with E-state index in [4.69, 9.17) is 0 Å². The summed E-state index contributed by atoms with van der Waals surface area (Å²) in [6, 6.07) is 4.95. The third-order valence-corrected chi connectivity index (χ3v) is 3.97. The lowest BCUT2D eigenvalue weighted by Crippen LogP contribution is -2.50. The molecule has 0 bridgehead atoms. The molecule has 100 valence electrons. The highest BCUT2D eigenvalue weighted by molar-refractivity contribution is 5.29. The highest BCUT2D eigenvalue weighted by atomic mass is 19.1. The van der Waals surface area contributed by atoms with Gasteiger partial charge in [0.1, 0.15) is 11.6 Å². The van der Waals surface area contributed by atoms with Crippen molar-refractivity contribution in [3.63, 3.8) is 0 Å². The van der Waals surface area contributed by atoms with E-state index < -0.39 is 0 Å². The Labute approximate surface area is 108 Å². The van der Waals surface area contributed by atoms with Crippen molar-refractivity contribution in [2.45, 2.75) is 25.9 Å². The molecular weight excluding hydrogens is 231 g/mol. The Morgan fingerprint density at radius 2 is 2.11 bits per heavy atom. The van der Waals surface area contributed by atoms with E-state index in [2.05, 4.69) is 23.8 Å². The summed E-state index contributed by atoms with van der Waals surface area (Å²) in [5.74, 6) is -0.343. The lowest BCUT2D eigenvalue weighted by Gasteiger charge is -2.40. The van der Waals surface area contributed by atoms with Crippen LogP contribution < -0.4 is 0 Å². The molecule has 0 saturated carbocycles. The van der Waals surface area contributed by atoms with Crippen LogP contribution in [0.5, 0.6) is 5.75 Å². The van der Waals surface area contributed by atoms with Crippen molar-refractivity contribution in [3.05, 3.63) is 29.6 Å². The molecule has 2 rings (SSSR count). The molecule has 1 N–H and O–H groups in total. The van der Waals surface area contributed by atoms with E-state index in [0.717, 1.165) is 19.6 Å². The van der Waals surface area contributed by atoms with Gasteiger partial charge in [-0.15, -0.1) is 0 Å². The first kappa shape index (κ1) is 13.3. The molecule has 0 amide bonds. The van der Waals surface area contributed by atoms with Gasteiger partial charge < -0.3 is 10.0 Å². The van der Waals surface area contributed by atoms with E-state index in [-0.39, 0.29) is 17.6 Å². The molecule has 0 radical (unpaired) electrons. The number of phenolic OH excluding ortho intramolecular Hbond substituents is 1. The molecule has 0 aliphatic carbocycles. The number of aromatic hydroxyl groups is 1. The molecule has 1 fully saturated rings. The van der Waals surface area contributed by atoms with Gasteiger partial charge in [0.15, 0.2) is 0 Å². The van der Waals surface area contributed by atoms with Crippen molar-refractivity contribution in [2.75, 3.05) is 26.7 Å². The molecule has 2 atom stereocenters. The predicted molar refractivity (Wildman–Crippen MR) is 70.1 cm³/mol. The maximum Gasteiger partial charge on any atom is 0.131 e. The third kappa shape index (κ3) is 2.65. The molecule has 1 aromatic rings. The second-order valence-electron chi connectivity index (χ2n) is 5.21. The summed E-state index contributed by atoms with van der Waals surface area (Å²) in [6.45, 7) is 7.10. The second-order valence-corrected chi connectivity index (χ2v) is 5.21. The average Bonchev–Trinajstić information content (AvgIpc) is 2.32. The van der Waals surface area contributed by atoms with E-state index in [9.17, 15) is 9.50 Å². The van der Waals surface area contributed by atoms with Crippen molar-refractivity contribution < 1.29 is 9.50 Å². The molecule has 3 nitrogen and oxygen atoms in total. The number of phenols is 1. The standard InChI is InChI=1S/C14H21FN2O/c1-10-9-17(7-6-16(10)3)11(2)13-5-4-12(18)8-14(13)15/h4-5,8,10-11,18H,6-7,9H2,1-3H3. The van der Waals surface area contributed by atoms with Gasteiger partial charge in [0, 0.05) is 43.3 Å². The molecule has 1 saturated heterocycles. The zero-order valence-corrected chi connectivity index (χ0v) is 11.2. The van der Waals surface area contributed by atoms with Gasteiger partial charge in [-0.25, -0.2) is 4.39 Å². The van der Waals surface area contributed by atoms with Gasteiger partial charge in [-0.3, -0.25) is 4.90 Å². The van der Waals surface area contributed by atoms with E-state index in [0.29, 0.717) is 11.6 Å². The summed E-state index contributed by atoms with van der Waals surface area (Å²) in [6.07, 6.45) is 0. The van der Waals surface area contributed by atoms with Gasteiger partial charge in [0.25, 0.3) is 0 Å². The minimum absolute atomic E-state index is 0.0183. The van der Waals surface area contributed by atoms with Crippen LogP contribution in [0.25, 0.3) is 0 Å². The van der Waals surface area contributed by atoms with Crippen LogP contribution in [0, 0.1) is 5.82 Å². The number of benzene rings is 1. The molecule has 4 heteroatoms. The van der Waals surface area contributed by atoms with E-state index in [1.54, 1.807) is 12.1 Å². The Kier molecular flexibility index (Phi) is 3.88. The lowest BCUT2D eigenvalue weighted by molar-refractivity contribution is 0.0763. The van der Waals surface area contributed by atoms with Crippen LogP contribution in [-0.4, -0.2) is 47.6 Å². The fourth-order valence-corrected chi connectivity index (χ4v) is 2.48. The maximum absolute atomic E-state index is 13.8. The number of halogens is 1. The van der Waals surface area contributed by atoms with Crippen LogP contribution in [0.2, 0.25) is 0 Å². The Bertz CT molecular complexity index is 424. The van der Waals surface area contributed by atoms with Gasteiger partial charge in [0.05, 0.1) is 0 Å². The molecule has 1 aromatic carbocycles. The highest BCUT2D eigenvalue weighted by Crippen LogP contribution is 2.27. The molecule has 2 unspecified atom stereocenters. The predicted octanol–water partition coefficient (Wildman–Crippen LogP) is 2.23. The van der Waals surface area contributed by atoms with Gasteiger partial charge in [-0.05, 0) is 27.0 Å². The van der Waals surface area contributed by atoms with E-state index in [1.165, 1.54) is 6.07 Å². The SMILES string of the molecule is CC1CN(C(C)c2ccc(O)cc2F)CCN1C. The van der Waals surface area contributed by atoms with Crippen LogP contribution >= 0.6 is 0 Å². The first-order chi connectivity index (χ1) is 8.49. The maximum atomic E-state index is 13.8. The summed E-state index contributed by atoms with van der Waals surface area (Å²) < 4.78 is 13.8. The zero-order chi connectivity index (χ0) is 13.3. The number of hydrogen-bond donors (Lipinski definition) is 1. The molecule has 0 spiro atoms. The quantitative estimate of drug-likeness (QED) is 0.874. The molecule has 1 aliphatic rings. The first-order valence-electron chi connectivity index (χ1n) is 6.41. The smallest absolute Gasteiger partial charge is 0.131 e. The minimum atomic E-state index is -0.325. The number of hydrogen-bond acceptors (Lipinski definition) is 3. The van der Waals surface area contributed by atoms with Crippen LogP contribution in [0.4, 0.5) is 4.39 Å². The number of piperazine rings is 1. The molecule has 0 aromatic heterocycles. The van der Waals surface area contributed by atoms with Gasteiger partial charge in [0.2, 0.25) is 0 Å². The highest BCUT2D eigenvalue weighted by Gasteiger charge is 2.26. The minimum Gasteiger partial charge on any atom is -0.508 e. The topological polar surface area (TPSA) is 26.7 Å². The van der Waals surface area contributed by atoms with Crippen LogP contribution in [0.15, 0.2) is 18.2 Å². The van der Waals surface area contributed by atoms with Crippen molar-refractivity contribution in [1.29, 1.82) is 0 Å². The summed E-state index contributed by atoms with van der Waals surface area (Å²) in [5, 5.41) is 9.25. The van der Waals surface area contributed by atoms with Gasteiger partial charge >= 0.3 is 0 Å². The molecular formula is C14H21FN2O. The number of likely N-dealkylation sites (N-methyl/N-ethyl adjacent to an activating group) is 1.